The summed E-state index contributed by atoms with van der Waals surface area (Å²) >= 11 is 0. The summed E-state index contributed by atoms with van der Waals surface area (Å²) in [6.07, 6.45) is 0.885. The van der Waals surface area contributed by atoms with Crippen molar-refractivity contribution in [2.75, 3.05) is 20.8 Å². The molecule has 112 valence electrons. The van der Waals surface area contributed by atoms with Gasteiger partial charge in [-0.1, -0.05) is 18.2 Å². The van der Waals surface area contributed by atoms with Gasteiger partial charge < -0.3 is 19.9 Å². The fraction of sp³-hybridized carbons (Fsp3) is 0.294. The first-order valence-electron chi connectivity index (χ1n) is 6.89. The van der Waals surface area contributed by atoms with E-state index in [1.54, 1.807) is 14.2 Å². The van der Waals surface area contributed by atoms with E-state index in [1.807, 2.05) is 42.5 Å². The van der Waals surface area contributed by atoms with Crippen molar-refractivity contribution in [1.82, 2.24) is 0 Å². The van der Waals surface area contributed by atoms with E-state index in [0.717, 1.165) is 17.7 Å². The van der Waals surface area contributed by atoms with Crippen LogP contribution in [0.15, 0.2) is 42.5 Å². The molecule has 0 saturated carbocycles. The van der Waals surface area contributed by atoms with Gasteiger partial charge in [-0.2, -0.15) is 0 Å². The lowest BCUT2D eigenvalue weighted by atomic mass is 10.1. The molecule has 0 aliphatic heterocycles. The third-order valence-corrected chi connectivity index (χ3v) is 3.21. The minimum Gasteiger partial charge on any atom is -0.493 e. The average molecular weight is 287 g/mol. The maximum Gasteiger partial charge on any atom is 0.161 e. The Hall–Kier alpha value is -2.20. The van der Waals surface area contributed by atoms with Gasteiger partial charge in [-0.25, -0.2) is 0 Å². The third-order valence-electron chi connectivity index (χ3n) is 3.21. The topological polar surface area (TPSA) is 53.7 Å². The molecule has 0 aliphatic rings. The zero-order chi connectivity index (χ0) is 15.1. The molecule has 0 spiro atoms. The van der Waals surface area contributed by atoms with Crippen LogP contribution < -0.4 is 19.9 Å². The fourth-order valence-corrected chi connectivity index (χ4v) is 2.06. The molecule has 0 atom stereocenters. The first-order chi connectivity index (χ1) is 10.3. The van der Waals surface area contributed by atoms with Crippen LogP contribution in [0.5, 0.6) is 17.2 Å². The highest BCUT2D eigenvalue weighted by Crippen LogP contribution is 2.28. The zero-order valence-corrected chi connectivity index (χ0v) is 12.5. The minimum absolute atomic E-state index is 0.483. The molecule has 2 aromatic carbocycles. The Bertz CT molecular complexity index is 567. The summed E-state index contributed by atoms with van der Waals surface area (Å²) in [4.78, 5) is 0. The maximum atomic E-state index is 5.77. The van der Waals surface area contributed by atoms with E-state index >= 15 is 0 Å². The van der Waals surface area contributed by atoms with Crippen molar-refractivity contribution < 1.29 is 14.2 Å². The van der Waals surface area contributed by atoms with E-state index < -0.39 is 0 Å². The second-order valence-corrected chi connectivity index (χ2v) is 4.66. The summed E-state index contributed by atoms with van der Waals surface area (Å²) < 4.78 is 16.3. The SMILES string of the molecule is COc1ccc(COc2ccc(CCN)cc2)cc1OC. The van der Waals surface area contributed by atoms with Crippen LogP contribution in [0.1, 0.15) is 11.1 Å². The number of hydrogen-bond donors (Lipinski definition) is 1. The molecule has 2 N–H and O–H groups in total. The Balaban J connectivity index is 1.99. The van der Waals surface area contributed by atoms with E-state index in [0.29, 0.717) is 24.7 Å². The van der Waals surface area contributed by atoms with E-state index in [9.17, 15) is 0 Å². The molecule has 0 unspecified atom stereocenters. The van der Waals surface area contributed by atoms with Crippen molar-refractivity contribution in [1.29, 1.82) is 0 Å². The van der Waals surface area contributed by atoms with Gasteiger partial charge in [-0.05, 0) is 48.4 Å². The van der Waals surface area contributed by atoms with Crippen molar-refractivity contribution in [3.63, 3.8) is 0 Å². The summed E-state index contributed by atoms with van der Waals surface area (Å²) in [6, 6.07) is 13.8. The zero-order valence-electron chi connectivity index (χ0n) is 12.5. The van der Waals surface area contributed by atoms with E-state index in [-0.39, 0.29) is 0 Å². The predicted molar refractivity (Wildman–Crippen MR) is 83.1 cm³/mol. The van der Waals surface area contributed by atoms with E-state index in [1.165, 1.54) is 5.56 Å². The summed E-state index contributed by atoms with van der Waals surface area (Å²) in [7, 11) is 3.25. The van der Waals surface area contributed by atoms with Crippen LogP contribution in [0.4, 0.5) is 0 Å². The lowest BCUT2D eigenvalue weighted by molar-refractivity contribution is 0.303. The van der Waals surface area contributed by atoms with Crippen molar-refractivity contribution in [3.05, 3.63) is 53.6 Å². The number of benzene rings is 2. The monoisotopic (exact) mass is 287 g/mol. The number of methoxy groups -OCH3 is 2. The summed E-state index contributed by atoms with van der Waals surface area (Å²) in [5, 5.41) is 0. The van der Waals surface area contributed by atoms with Gasteiger partial charge >= 0.3 is 0 Å². The molecule has 0 aromatic heterocycles. The van der Waals surface area contributed by atoms with Crippen LogP contribution in [0.25, 0.3) is 0 Å². The quantitative estimate of drug-likeness (QED) is 0.851. The Kier molecular flexibility index (Phi) is 5.46. The number of rotatable bonds is 7. The van der Waals surface area contributed by atoms with Crippen LogP contribution in [0.2, 0.25) is 0 Å². The van der Waals surface area contributed by atoms with E-state index in [4.69, 9.17) is 19.9 Å². The summed E-state index contributed by atoms with van der Waals surface area (Å²) in [5.74, 6) is 2.26. The standard InChI is InChI=1S/C17H21NO3/c1-19-16-8-5-14(11-17(16)20-2)12-21-15-6-3-13(4-7-15)9-10-18/h3-8,11H,9-10,12,18H2,1-2H3. The highest BCUT2D eigenvalue weighted by atomic mass is 16.5. The van der Waals surface area contributed by atoms with Crippen molar-refractivity contribution >= 4 is 0 Å². The van der Waals surface area contributed by atoms with Gasteiger partial charge in [0.15, 0.2) is 11.5 Å². The molecule has 0 amide bonds. The lowest BCUT2D eigenvalue weighted by Crippen LogP contribution is -2.02. The molecule has 0 heterocycles. The second kappa shape index (κ2) is 7.55. The van der Waals surface area contributed by atoms with Gasteiger partial charge in [-0.15, -0.1) is 0 Å². The molecular formula is C17H21NO3. The lowest BCUT2D eigenvalue weighted by Gasteiger charge is -2.11. The smallest absolute Gasteiger partial charge is 0.161 e. The largest absolute Gasteiger partial charge is 0.493 e. The Morgan fingerprint density at radius 2 is 1.52 bits per heavy atom. The number of nitrogens with two attached hydrogens (primary N) is 1. The van der Waals surface area contributed by atoms with Crippen molar-refractivity contribution in [2.24, 2.45) is 5.73 Å². The van der Waals surface area contributed by atoms with Gasteiger partial charge in [0.1, 0.15) is 12.4 Å². The van der Waals surface area contributed by atoms with Crippen LogP contribution >= 0.6 is 0 Å². The fourth-order valence-electron chi connectivity index (χ4n) is 2.06. The first kappa shape index (κ1) is 15.2. The maximum absolute atomic E-state index is 5.77. The van der Waals surface area contributed by atoms with Gasteiger partial charge in [0.05, 0.1) is 14.2 Å². The highest BCUT2D eigenvalue weighted by Gasteiger charge is 2.05. The molecular weight excluding hydrogens is 266 g/mol. The van der Waals surface area contributed by atoms with Crippen molar-refractivity contribution in [3.8, 4) is 17.2 Å². The van der Waals surface area contributed by atoms with Crippen LogP contribution in [-0.4, -0.2) is 20.8 Å². The van der Waals surface area contributed by atoms with Gasteiger partial charge in [0.2, 0.25) is 0 Å². The summed E-state index contributed by atoms with van der Waals surface area (Å²) in [6.45, 7) is 1.14. The highest BCUT2D eigenvalue weighted by molar-refractivity contribution is 5.42. The molecule has 0 aliphatic carbocycles. The molecule has 0 fully saturated rings. The molecule has 2 aromatic rings. The predicted octanol–water partition coefficient (Wildman–Crippen LogP) is 2.78. The van der Waals surface area contributed by atoms with Gasteiger partial charge in [0.25, 0.3) is 0 Å². The Morgan fingerprint density at radius 3 is 2.14 bits per heavy atom. The third kappa shape index (κ3) is 4.13. The minimum atomic E-state index is 0.483. The second-order valence-electron chi connectivity index (χ2n) is 4.66. The Morgan fingerprint density at radius 1 is 0.857 bits per heavy atom. The van der Waals surface area contributed by atoms with Crippen molar-refractivity contribution in [2.45, 2.75) is 13.0 Å². The van der Waals surface area contributed by atoms with E-state index in [2.05, 4.69) is 0 Å². The number of ether oxygens (including phenoxy) is 3. The molecule has 21 heavy (non-hydrogen) atoms. The van der Waals surface area contributed by atoms with Gasteiger partial charge in [0, 0.05) is 0 Å². The Labute approximate surface area is 125 Å². The summed E-state index contributed by atoms with van der Waals surface area (Å²) in [5.41, 5.74) is 7.78. The van der Waals surface area contributed by atoms with Crippen LogP contribution in [-0.2, 0) is 13.0 Å². The van der Waals surface area contributed by atoms with Crippen LogP contribution in [0, 0.1) is 0 Å². The van der Waals surface area contributed by atoms with Crippen LogP contribution in [0.3, 0.4) is 0 Å². The molecule has 4 heteroatoms. The van der Waals surface area contributed by atoms with Gasteiger partial charge in [-0.3, -0.25) is 0 Å². The molecule has 0 saturated heterocycles. The molecule has 0 bridgehead atoms. The average Bonchev–Trinajstić information content (AvgIpc) is 2.54. The normalized spacial score (nSPS) is 10.2. The molecule has 0 radical (unpaired) electrons. The number of hydrogen-bond acceptors (Lipinski definition) is 4. The molecule has 4 nitrogen and oxygen atoms in total. The molecule has 2 rings (SSSR count). The first-order valence-corrected chi connectivity index (χ1v) is 6.89.